The maximum absolute atomic E-state index is 12.9. The van der Waals surface area contributed by atoms with E-state index in [1.165, 1.54) is 7.11 Å². The number of carbonyl (C=O) groups is 3. The highest BCUT2D eigenvalue weighted by molar-refractivity contribution is 14.1. The summed E-state index contributed by atoms with van der Waals surface area (Å²) in [5.41, 5.74) is 3.97. The number of rotatable bonds is 5. The number of carboxylic acids is 1. The number of dihydropyridines is 1. The number of halogens is 1. The van der Waals surface area contributed by atoms with Crippen LogP contribution in [0, 0.1) is 3.57 Å². The third-order valence-corrected chi connectivity index (χ3v) is 6.52. The van der Waals surface area contributed by atoms with Gasteiger partial charge in [0.1, 0.15) is 0 Å². The molecule has 0 radical (unpaired) electrons. The molecule has 3 aliphatic rings. The lowest BCUT2D eigenvalue weighted by Crippen LogP contribution is -2.36. The zero-order chi connectivity index (χ0) is 21.4. The minimum atomic E-state index is -1.08. The molecule has 0 atom stereocenters. The zero-order valence-electron chi connectivity index (χ0n) is 16.5. The van der Waals surface area contributed by atoms with Crippen LogP contribution in [0.3, 0.4) is 0 Å². The van der Waals surface area contributed by atoms with Gasteiger partial charge in [-0.25, -0.2) is 4.79 Å². The molecule has 8 heteroatoms. The van der Waals surface area contributed by atoms with Crippen LogP contribution in [0.25, 0.3) is 0 Å². The number of nitrogens with one attached hydrogen (secondary N) is 1. The van der Waals surface area contributed by atoms with E-state index in [1.807, 2.05) is 6.07 Å². The monoisotopic (exact) mass is 523 g/mol. The lowest BCUT2D eigenvalue weighted by atomic mass is 9.71. The number of carbonyl (C=O) groups excluding carboxylic acids is 2. The molecular weight excluding hydrogens is 501 g/mol. The third kappa shape index (κ3) is 3.73. The first-order valence-electron chi connectivity index (χ1n) is 9.92. The van der Waals surface area contributed by atoms with E-state index in [-0.39, 0.29) is 11.6 Å². The molecule has 30 heavy (non-hydrogen) atoms. The number of ketones is 2. The van der Waals surface area contributed by atoms with Crippen LogP contribution in [-0.4, -0.2) is 36.4 Å². The summed E-state index contributed by atoms with van der Waals surface area (Å²) in [6.45, 7) is -0.485. The molecule has 1 heterocycles. The van der Waals surface area contributed by atoms with Crippen LogP contribution >= 0.6 is 22.6 Å². The van der Waals surface area contributed by atoms with Gasteiger partial charge in [0.2, 0.25) is 0 Å². The first kappa shape index (κ1) is 20.9. The number of Topliss-reactive ketones (excluding diaryl/α,β-unsaturated/α-hetero) is 2. The van der Waals surface area contributed by atoms with Crippen molar-refractivity contribution in [2.45, 2.75) is 44.4 Å². The summed E-state index contributed by atoms with van der Waals surface area (Å²) in [5.74, 6) is -0.662. The van der Waals surface area contributed by atoms with Gasteiger partial charge >= 0.3 is 5.97 Å². The van der Waals surface area contributed by atoms with Gasteiger partial charge in [0, 0.05) is 41.3 Å². The van der Waals surface area contributed by atoms with E-state index >= 15 is 0 Å². The molecule has 0 saturated heterocycles. The van der Waals surface area contributed by atoms with Gasteiger partial charge in [0.25, 0.3) is 0 Å². The second-order valence-corrected chi connectivity index (χ2v) is 8.77. The summed E-state index contributed by atoms with van der Waals surface area (Å²) in [6, 6.07) is 3.61. The number of benzene rings is 1. The van der Waals surface area contributed by atoms with Gasteiger partial charge in [-0.1, -0.05) is 0 Å². The Bertz CT molecular complexity index is 967. The standard InChI is InChI=1S/C22H22INO6/c1-29-17-9-11(8-12(23)22(17)30-10-18(27)28)19-20-13(4-2-6-15(20)25)24-14-5-3-7-16(26)21(14)19/h8-9,19,24H,2-7,10H2,1H3,(H,27,28). The highest BCUT2D eigenvalue weighted by Gasteiger charge is 2.40. The molecule has 2 N–H and O–H groups in total. The van der Waals surface area contributed by atoms with Crippen LogP contribution in [-0.2, 0) is 14.4 Å². The number of ether oxygens (including phenoxy) is 2. The summed E-state index contributed by atoms with van der Waals surface area (Å²) in [6.07, 6.45) is 4.13. The van der Waals surface area contributed by atoms with Crippen molar-refractivity contribution in [2.24, 2.45) is 0 Å². The SMILES string of the molecule is COc1cc(C2C3=C(CCCC3=O)NC3=C2C(=O)CCC3)cc(I)c1OCC(=O)O. The van der Waals surface area contributed by atoms with E-state index in [9.17, 15) is 14.4 Å². The predicted molar refractivity (Wildman–Crippen MR) is 116 cm³/mol. The van der Waals surface area contributed by atoms with Crippen LogP contribution in [0.5, 0.6) is 11.5 Å². The van der Waals surface area contributed by atoms with Crippen LogP contribution in [0.2, 0.25) is 0 Å². The average Bonchev–Trinajstić information content (AvgIpc) is 2.71. The maximum Gasteiger partial charge on any atom is 0.341 e. The van der Waals surface area contributed by atoms with Gasteiger partial charge in [-0.2, -0.15) is 0 Å². The Hall–Kier alpha value is -2.36. The van der Waals surface area contributed by atoms with Crippen LogP contribution in [0.4, 0.5) is 0 Å². The van der Waals surface area contributed by atoms with Gasteiger partial charge in [-0.3, -0.25) is 9.59 Å². The fourth-order valence-electron chi connectivity index (χ4n) is 4.50. The van der Waals surface area contributed by atoms with Crippen molar-refractivity contribution in [3.8, 4) is 11.5 Å². The predicted octanol–water partition coefficient (Wildman–Crippen LogP) is 3.46. The van der Waals surface area contributed by atoms with E-state index in [0.717, 1.165) is 42.6 Å². The zero-order valence-corrected chi connectivity index (χ0v) is 18.7. The number of carboxylic acid groups (broad SMARTS) is 1. The lowest BCUT2D eigenvalue weighted by Gasteiger charge is -2.37. The first-order valence-corrected chi connectivity index (χ1v) is 11.0. The van der Waals surface area contributed by atoms with Gasteiger partial charge in [-0.15, -0.1) is 0 Å². The molecule has 4 rings (SSSR count). The molecule has 1 aromatic rings. The smallest absolute Gasteiger partial charge is 0.341 e. The fourth-order valence-corrected chi connectivity index (χ4v) is 5.28. The van der Waals surface area contributed by atoms with Crippen LogP contribution < -0.4 is 14.8 Å². The number of hydrogen-bond donors (Lipinski definition) is 2. The van der Waals surface area contributed by atoms with Crippen molar-refractivity contribution in [3.05, 3.63) is 43.8 Å². The molecule has 0 aromatic heterocycles. The van der Waals surface area contributed by atoms with Crippen molar-refractivity contribution >= 4 is 40.1 Å². The van der Waals surface area contributed by atoms with Crippen molar-refractivity contribution in [1.29, 1.82) is 0 Å². The van der Waals surface area contributed by atoms with E-state index in [1.54, 1.807) is 6.07 Å². The Morgan fingerprint density at radius 3 is 2.23 bits per heavy atom. The van der Waals surface area contributed by atoms with Gasteiger partial charge in [0.15, 0.2) is 29.7 Å². The maximum atomic E-state index is 12.9. The first-order chi connectivity index (χ1) is 14.4. The van der Waals surface area contributed by atoms with Gasteiger partial charge in [0.05, 0.1) is 10.7 Å². The number of methoxy groups -OCH3 is 1. The molecule has 0 amide bonds. The van der Waals surface area contributed by atoms with E-state index in [4.69, 9.17) is 14.6 Å². The van der Waals surface area contributed by atoms with Gasteiger partial charge < -0.3 is 19.9 Å². The average molecular weight is 523 g/mol. The minimum absolute atomic E-state index is 0.0684. The Balaban J connectivity index is 1.86. The second-order valence-electron chi connectivity index (χ2n) is 7.61. The third-order valence-electron chi connectivity index (χ3n) is 5.72. The topological polar surface area (TPSA) is 102 Å². The van der Waals surface area contributed by atoms with Crippen LogP contribution in [0.1, 0.15) is 50.0 Å². The Kier molecular flexibility index (Phi) is 5.86. The van der Waals surface area contributed by atoms with E-state index in [2.05, 4.69) is 27.9 Å². The Labute approximate surface area is 187 Å². The Morgan fingerprint density at radius 2 is 1.70 bits per heavy atom. The molecule has 158 valence electrons. The molecule has 0 spiro atoms. The van der Waals surface area contributed by atoms with Crippen LogP contribution in [0.15, 0.2) is 34.7 Å². The lowest BCUT2D eigenvalue weighted by molar-refractivity contribution is -0.139. The Morgan fingerprint density at radius 1 is 1.10 bits per heavy atom. The molecule has 0 fully saturated rings. The molecule has 2 aliphatic carbocycles. The molecule has 1 aliphatic heterocycles. The molecule has 0 unspecified atom stereocenters. The summed E-state index contributed by atoms with van der Waals surface area (Å²) in [4.78, 5) is 36.8. The largest absolute Gasteiger partial charge is 0.493 e. The highest BCUT2D eigenvalue weighted by atomic mass is 127. The van der Waals surface area contributed by atoms with Crippen molar-refractivity contribution in [3.63, 3.8) is 0 Å². The van der Waals surface area contributed by atoms with E-state index < -0.39 is 18.5 Å². The van der Waals surface area contributed by atoms with Crippen molar-refractivity contribution < 1.29 is 29.0 Å². The number of aliphatic carboxylic acids is 1. The van der Waals surface area contributed by atoms with Crippen molar-refractivity contribution in [1.82, 2.24) is 5.32 Å². The van der Waals surface area contributed by atoms with Gasteiger partial charge in [-0.05, 0) is 66.0 Å². The molecule has 0 bridgehead atoms. The molecule has 7 nitrogen and oxygen atoms in total. The van der Waals surface area contributed by atoms with Crippen molar-refractivity contribution in [2.75, 3.05) is 13.7 Å². The highest BCUT2D eigenvalue weighted by Crippen LogP contribution is 2.47. The normalized spacial score (nSPS) is 19.3. The summed E-state index contributed by atoms with van der Waals surface area (Å²) in [5, 5.41) is 12.3. The number of hydrogen-bond acceptors (Lipinski definition) is 6. The number of allylic oxidation sites excluding steroid dienone is 4. The second kappa shape index (κ2) is 8.41. The summed E-state index contributed by atoms with van der Waals surface area (Å²) >= 11 is 2.07. The minimum Gasteiger partial charge on any atom is -0.493 e. The summed E-state index contributed by atoms with van der Waals surface area (Å²) < 4.78 is 11.6. The fraction of sp³-hybridized carbons (Fsp3) is 0.409. The molecular formula is C22H22INO6. The van der Waals surface area contributed by atoms with E-state index in [0.29, 0.717) is 39.1 Å². The molecule has 0 saturated carbocycles. The molecule has 1 aromatic carbocycles. The summed E-state index contributed by atoms with van der Waals surface area (Å²) in [7, 11) is 1.48. The quantitative estimate of drug-likeness (QED) is 0.571.